The zero-order chi connectivity index (χ0) is 20.6. The number of nitrogens with one attached hydrogen (secondary N) is 1. The molecule has 0 heterocycles. The Kier molecular flexibility index (Phi) is 6.76. The van der Waals surface area contributed by atoms with Gasteiger partial charge in [-0.3, -0.25) is 4.79 Å². The number of carbonyl (C=O) groups is 2. The number of carbonyl (C=O) groups excluding carboxylic acids is 2. The Hall–Kier alpha value is -3.44. The molecule has 0 fully saturated rings. The standard InChI is InChI=1S/C24H23NO4/c1-29-24(28)21(25-23(27)22(26)20-10-6-3-7-11-20)16-17-12-14-19(15-13-17)18-8-4-2-5-9-18/h2-15,21-22,26H,16H2,1H3,(H,25,27)/t21-,22+/m1/s1. The third-order valence-electron chi connectivity index (χ3n) is 4.67. The zero-order valence-corrected chi connectivity index (χ0v) is 16.1. The van der Waals surface area contributed by atoms with E-state index in [1.165, 1.54) is 7.11 Å². The number of aliphatic hydroxyl groups excluding tert-OH is 1. The summed E-state index contributed by atoms with van der Waals surface area (Å²) in [5.41, 5.74) is 3.49. The summed E-state index contributed by atoms with van der Waals surface area (Å²) in [7, 11) is 1.27. The Morgan fingerprint density at radius 3 is 2.00 bits per heavy atom. The lowest BCUT2D eigenvalue weighted by Gasteiger charge is -2.19. The van der Waals surface area contributed by atoms with Gasteiger partial charge in [0, 0.05) is 6.42 Å². The van der Waals surface area contributed by atoms with Gasteiger partial charge < -0.3 is 15.2 Å². The van der Waals surface area contributed by atoms with Gasteiger partial charge in [0.05, 0.1) is 7.11 Å². The third-order valence-corrected chi connectivity index (χ3v) is 4.67. The van der Waals surface area contributed by atoms with Crippen molar-refractivity contribution in [3.05, 3.63) is 96.1 Å². The molecule has 0 radical (unpaired) electrons. The van der Waals surface area contributed by atoms with E-state index < -0.39 is 24.0 Å². The van der Waals surface area contributed by atoms with E-state index in [4.69, 9.17) is 4.74 Å². The fraction of sp³-hybridized carbons (Fsp3) is 0.167. The van der Waals surface area contributed by atoms with Crippen LogP contribution in [0.3, 0.4) is 0 Å². The number of hydrogen-bond donors (Lipinski definition) is 2. The lowest BCUT2D eigenvalue weighted by Crippen LogP contribution is -2.45. The third kappa shape index (κ3) is 5.30. The molecule has 0 bridgehead atoms. The van der Waals surface area contributed by atoms with Crippen molar-refractivity contribution in [1.82, 2.24) is 5.32 Å². The number of rotatable bonds is 7. The molecule has 0 aliphatic heterocycles. The van der Waals surface area contributed by atoms with Crippen molar-refractivity contribution in [2.24, 2.45) is 0 Å². The van der Waals surface area contributed by atoms with E-state index in [-0.39, 0.29) is 6.42 Å². The predicted octanol–water partition coefficient (Wildman–Crippen LogP) is 3.29. The molecule has 0 unspecified atom stereocenters. The Morgan fingerprint density at radius 1 is 0.862 bits per heavy atom. The van der Waals surface area contributed by atoms with Crippen LogP contribution in [-0.4, -0.2) is 30.1 Å². The summed E-state index contributed by atoms with van der Waals surface area (Å²) in [5, 5.41) is 12.9. The maximum absolute atomic E-state index is 12.4. The normalized spacial score (nSPS) is 12.6. The summed E-state index contributed by atoms with van der Waals surface area (Å²) >= 11 is 0. The second-order valence-corrected chi connectivity index (χ2v) is 6.66. The van der Waals surface area contributed by atoms with Gasteiger partial charge in [0.1, 0.15) is 6.04 Å². The molecular weight excluding hydrogens is 366 g/mol. The number of benzene rings is 3. The molecule has 2 atom stereocenters. The van der Waals surface area contributed by atoms with Crippen molar-refractivity contribution in [3.8, 4) is 11.1 Å². The van der Waals surface area contributed by atoms with Crippen LogP contribution in [0.4, 0.5) is 0 Å². The molecule has 2 N–H and O–H groups in total. The molecular formula is C24H23NO4. The number of aliphatic hydroxyl groups is 1. The van der Waals surface area contributed by atoms with Crippen LogP contribution >= 0.6 is 0 Å². The minimum atomic E-state index is -1.36. The van der Waals surface area contributed by atoms with Gasteiger partial charge in [-0.2, -0.15) is 0 Å². The van der Waals surface area contributed by atoms with Gasteiger partial charge in [0.2, 0.25) is 0 Å². The van der Waals surface area contributed by atoms with E-state index in [0.29, 0.717) is 5.56 Å². The highest BCUT2D eigenvalue weighted by Crippen LogP contribution is 2.20. The molecule has 0 saturated heterocycles. The first-order valence-electron chi connectivity index (χ1n) is 9.34. The Labute approximate surface area is 170 Å². The lowest BCUT2D eigenvalue weighted by molar-refractivity contribution is -0.146. The summed E-state index contributed by atoms with van der Waals surface area (Å²) in [6.45, 7) is 0. The highest BCUT2D eigenvalue weighted by Gasteiger charge is 2.26. The van der Waals surface area contributed by atoms with E-state index >= 15 is 0 Å². The smallest absolute Gasteiger partial charge is 0.328 e. The van der Waals surface area contributed by atoms with Gasteiger partial charge in [-0.15, -0.1) is 0 Å². The maximum Gasteiger partial charge on any atom is 0.328 e. The van der Waals surface area contributed by atoms with Gasteiger partial charge in [0.25, 0.3) is 5.91 Å². The molecule has 0 saturated carbocycles. The lowest BCUT2D eigenvalue weighted by atomic mass is 10.0. The molecule has 3 aromatic rings. The van der Waals surface area contributed by atoms with Crippen molar-refractivity contribution < 1.29 is 19.4 Å². The van der Waals surface area contributed by atoms with Crippen LogP contribution in [0, 0.1) is 0 Å². The molecule has 0 aliphatic rings. The van der Waals surface area contributed by atoms with E-state index in [2.05, 4.69) is 5.32 Å². The first-order valence-corrected chi connectivity index (χ1v) is 9.34. The highest BCUT2D eigenvalue weighted by atomic mass is 16.5. The van der Waals surface area contributed by atoms with Crippen molar-refractivity contribution in [2.45, 2.75) is 18.6 Å². The largest absolute Gasteiger partial charge is 0.467 e. The number of ether oxygens (including phenoxy) is 1. The minimum absolute atomic E-state index is 0.259. The Balaban J connectivity index is 1.71. The Bertz CT molecular complexity index is 940. The van der Waals surface area contributed by atoms with Gasteiger partial charge in [-0.05, 0) is 22.3 Å². The van der Waals surface area contributed by atoms with Crippen molar-refractivity contribution in [2.75, 3.05) is 7.11 Å². The average molecular weight is 389 g/mol. The molecule has 5 heteroatoms. The number of esters is 1. The predicted molar refractivity (Wildman–Crippen MR) is 111 cm³/mol. The van der Waals surface area contributed by atoms with Crippen LogP contribution in [0.1, 0.15) is 17.2 Å². The van der Waals surface area contributed by atoms with E-state index in [1.807, 2.05) is 54.6 Å². The van der Waals surface area contributed by atoms with Crippen LogP contribution in [0.15, 0.2) is 84.9 Å². The highest BCUT2D eigenvalue weighted by molar-refractivity contribution is 5.87. The van der Waals surface area contributed by atoms with Crippen molar-refractivity contribution >= 4 is 11.9 Å². The van der Waals surface area contributed by atoms with Gasteiger partial charge in [-0.25, -0.2) is 4.79 Å². The molecule has 148 valence electrons. The van der Waals surface area contributed by atoms with Crippen molar-refractivity contribution in [3.63, 3.8) is 0 Å². The topological polar surface area (TPSA) is 75.6 Å². The molecule has 3 aromatic carbocycles. The molecule has 1 amide bonds. The summed E-state index contributed by atoms with van der Waals surface area (Å²) in [6.07, 6.45) is -1.10. The molecule has 5 nitrogen and oxygen atoms in total. The number of methoxy groups -OCH3 is 1. The fourth-order valence-electron chi connectivity index (χ4n) is 3.07. The monoisotopic (exact) mass is 389 g/mol. The first kappa shape index (κ1) is 20.3. The SMILES string of the molecule is COC(=O)[C@@H](Cc1ccc(-c2ccccc2)cc1)NC(=O)[C@@H](O)c1ccccc1. The summed E-state index contributed by atoms with van der Waals surface area (Å²) in [5.74, 6) is -1.21. The average Bonchev–Trinajstić information content (AvgIpc) is 2.79. The van der Waals surface area contributed by atoms with Crippen molar-refractivity contribution in [1.29, 1.82) is 0 Å². The van der Waals surface area contributed by atoms with Gasteiger partial charge >= 0.3 is 5.97 Å². The zero-order valence-electron chi connectivity index (χ0n) is 16.1. The number of hydrogen-bond acceptors (Lipinski definition) is 4. The summed E-state index contributed by atoms with van der Waals surface area (Å²) in [6, 6.07) is 25.4. The van der Waals surface area contributed by atoms with Gasteiger partial charge in [-0.1, -0.05) is 84.9 Å². The molecule has 0 spiro atoms. The molecule has 29 heavy (non-hydrogen) atoms. The first-order chi connectivity index (χ1) is 14.1. The molecule has 0 aliphatic carbocycles. The molecule has 0 aromatic heterocycles. The quantitative estimate of drug-likeness (QED) is 0.608. The van der Waals surface area contributed by atoms with Crippen LogP contribution in [0.2, 0.25) is 0 Å². The Morgan fingerprint density at radius 2 is 1.41 bits per heavy atom. The van der Waals surface area contributed by atoms with E-state index in [9.17, 15) is 14.7 Å². The van der Waals surface area contributed by atoms with E-state index in [0.717, 1.165) is 16.7 Å². The summed E-state index contributed by atoms with van der Waals surface area (Å²) < 4.78 is 4.83. The fourth-order valence-corrected chi connectivity index (χ4v) is 3.07. The maximum atomic E-state index is 12.4. The number of amides is 1. The van der Waals surface area contributed by atoms with Crippen LogP contribution in [0.25, 0.3) is 11.1 Å². The second kappa shape index (κ2) is 9.66. The second-order valence-electron chi connectivity index (χ2n) is 6.66. The molecule has 3 rings (SSSR count). The van der Waals surface area contributed by atoms with Crippen LogP contribution < -0.4 is 5.32 Å². The van der Waals surface area contributed by atoms with Crippen LogP contribution in [0.5, 0.6) is 0 Å². The van der Waals surface area contributed by atoms with Gasteiger partial charge in [0.15, 0.2) is 6.10 Å². The summed E-state index contributed by atoms with van der Waals surface area (Å²) in [4.78, 5) is 24.6. The van der Waals surface area contributed by atoms with E-state index in [1.54, 1.807) is 30.3 Å². The van der Waals surface area contributed by atoms with Crippen LogP contribution in [-0.2, 0) is 20.7 Å². The minimum Gasteiger partial charge on any atom is -0.467 e.